The van der Waals surface area contributed by atoms with Gasteiger partial charge in [0.2, 0.25) is 11.8 Å². The molecule has 0 spiro atoms. The van der Waals surface area contributed by atoms with E-state index < -0.39 is 0 Å². The summed E-state index contributed by atoms with van der Waals surface area (Å²) >= 11 is 0. The van der Waals surface area contributed by atoms with Crippen molar-refractivity contribution in [1.82, 2.24) is 5.32 Å². The maximum Gasteiger partial charge on any atom is 0.240 e. The molecular formula is C19H28N2O2. The maximum atomic E-state index is 12.3. The molecule has 0 radical (unpaired) electrons. The molecule has 1 N–H and O–H groups in total. The van der Waals surface area contributed by atoms with Crippen LogP contribution < -0.4 is 10.2 Å². The number of carbonyl (C=O) groups is 2. The molecule has 0 saturated heterocycles. The summed E-state index contributed by atoms with van der Waals surface area (Å²) in [7, 11) is 0. The quantitative estimate of drug-likeness (QED) is 0.902. The van der Waals surface area contributed by atoms with E-state index in [9.17, 15) is 9.59 Å². The number of amides is 2. The molecule has 23 heavy (non-hydrogen) atoms. The van der Waals surface area contributed by atoms with Crippen molar-refractivity contribution < 1.29 is 9.59 Å². The van der Waals surface area contributed by atoms with Crippen LogP contribution in [0.2, 0.25) is 0 Å². The minimum atomic E-state index is -0.110. The highest BCUT2D eigenvalue weighted by Crippen LogP contribution is 2.21. The first-order chi connectivity index (χ1) is 11.0. The minimum Gasteiger partial charge on any atom is -0.352 e. The van der Waals surface area contributed by atoms with Crippen LogP contribution >= 0.6 is 0 Å². The monoisotopic (exact) mass is 316 g/mol. The molecule has 1 saturated carbocycles. The third kappa shape index (κ3) is 5.08. The number of hydrogen-bond acceptors (Lipinski definition) is 2. The summed E-state index contributed by atoms with van der Waals surface area (Å²) in [4.78, 5) is 25.8. The third-order valence-corrected chi connectivity index (χ3v) is 4.52. The number of carbonyl (C=O) groups excluding carboxylic acids is 2. The van der Waals surface area contributed by atoms with Gasteiger partial charge in [0.25, 0.3) is 0 Å². The average Bonchev–Trinajstić information content (AvgIpc) is 2.53. The van der Waals surface area contributed by atoms with Gasteiger partial charge in [-0.2, -0.15) is 0 Å². The van der Waals surface area contributed by atoms with E-state index in [1.54, 1.807) is 4.90 Å². The molecule has 0 unspecified atom stereocenters. The Labute approximate surface area is 139 Å². The summed E-state index contributed by atoms with van der Waals surface area (Å²) in [6.45, 7) is 5.86. The van der Waals surface area contributed by atoms with Crippen LogP contribution in [-0.4, -0.2) is 24.4 Å². The summed E-state index contributed by atoms with van der Waals surface area (Å²) in [5, 5.41) is 3.07. The molecule has 4 heteroatoms. The van der Waals surface area contributed by atoms with Crippen molar-refractivity contribution in [2.75, 3.05) is 11.4 Å². The summed E-state index contributed by atoms with van der Waals surface area (Å²) in [5.41, 5.74) is 2.00. The molecular weight excluding hydrogens is 288 g/mol. The number of anilines is 1. The predicted octanol–water partition coefficient (Wildman–Crippen LogP) is 3.61. The number of benzene rings is 1. The molecule has 0 aromatic heterocycles. The van der Waals surface area contributed by atoms with Gasteiger partial charge in [-0.25, -0.2) is 0 Å². The van der Waals surface area contributed by atoms with Crippen molar-refractivity contribution >= 4 is 17.5 Å². The molecule has 0 bridgehead atoms. The Morgan fingerprint density at radius 2 is 1.74 bits per heavy atom. The lowest BCUT2D eigenvalue weighted by molar-refractivity contribution is -0.123. The molecule has 0 aliphatic heterocycles. The Hall–Kier alpha value is -1.84. The van der Waals surface area contributed by atoms with E-state index in [2.05, 4.69) is 19.2 Å². The van der Waals surface area contributed by atoms with E-state index in [1.807, 2.05) is 24.3 Å². The highest BCUT2D eigenvalue weighted by Gasteiger charge is 2.20. The van der Waals surface area contributed by atoms with E-state index in [0.717, 1.165) is 18.5 Å². The molecule has 1 aliphatic carbocycles. The van der Waals surface area contributed by atoms with E-state index in [1.165, 1.54) is 31.7 Å². The smallest absolute Gasteiger partial charge is 0.240 e. The second kappa shape index (κ2) is 8.14. The predicted molar refractivity (Wildman–Crippen MR) is 93.6 cm³/mol. The first kappa shape index (κ1) is 17.5. The molecule has 1 aliphatic rings. The minimum absolute atomic E-state index is 0.0694. The first-order valence-corrected chi connectivity index (χ1v) is 8.65. The molecule has 4 nitrogen and oxygen atoms in total. The number of nitrogens with zero attached hydrogens (tertiary/aromatic N) is 1. The van der Waals surface area contributed by atoms with Crippen LogP contribution in [0.1, 0.15) is 64.4 Å². The van der Waals surface area contributed by atoms with Crippen LogP contribution in [0.25, 0.3) is 0 Å². The first-order valence-electron chi connectivity index (χ1n) is 8.65. The summed E-state index contributed by atoms with van der Waals surface area (Å²) in [6, 6.07) is 8.16. The SMILES string of the molecule is CC(=O)N(CC(=O)NC1CCCCC1)c1ccc(C(C)C)cc1. The van der Waals surface area contributed by atoms with Crippen LogP contribution in [0.15, 0.2) is 24.3 Å². The molecule has 1 aromatic rings. The number of rotatable bonds is 5. The second-order valence-corrected chi connectivity index (χ2v) is 6.75. The Morgan fingerprint density at radius 1 is 1.13 bits per heavy atom. The van der Waals surface area contributed by atoms with Gasteiger partial charge >= 0.3 is 0 Å². The Morgan fingerprint density at radius 3 is 2.26 bits per heavy atom. The largest absolute Gasteiger partial charge is 0.352 e. The van der Waals surface area contributed by atoms with Gasteiger partial charge < -0.3 is 10.2 Å². The second-order valence-electron chi connectivity index (χ2n) is 6.75. The van der Waals surface area contributed by atoms with Crippen LogP contribution in [0.3, 0.4) is 0 Å². The van der Waals surface area contributed by atoms with Crippen molar-refractivity contribution in [3.05, 3.63) is 29.8 Å². The zero-order valence-corrected chi connectivity index (χ0v) is 14.5. The van der Waals surface area contributed by atoms with Crippen LogP contribution in [-0.2, 0) is 9.59 Å². The standard InChI is InChI=1S/C19H28N2O2/c1-14(2)16-9-11-18(12-10-16)21(15(3)22)13-19(23)20-17-7-5-4-6-8-17/h9-12,14,17H,4-8,13H2,1-3H3,(H,20,23). The molecule has 1 fully saturated rings. The van der Waals surface area contributed by atoms with Crippen LogP contribution in [0.5, 0.6) is 0 Å². The van der Waals surface area contributed by atoms with E-state index in [-0.39, 0.29) is 24.4 Å². The van der Waals surface area contributed by atoms with Gasteiger partial charge in [-0.1, -0.05) is 45.2 Å². The van der Waals surface area contributed by atoms with Crippen molar-refractivity contribution in [2.45, 2.75) is 64.8 Å². The summed E-state index contributed by atoms with van der Waals surface area (Å²) in [6.07, 6.45) is 5.72. The van der Waals surface area contributed by atoms with Gasteiger partial charge in [-0.3, -0.25) is 9.59 Å². The fraction of sp³-hybridized carbons (Fsp3) is 0.579. The molecule has 2 amide bonds. The number of hydrogen-bond donors (Lipinski definition) is 1. The van der Waals surface area contributed by atoms with Crippen molar-refractivity contribution in [1.29, 1.82) is 0 Å². The van der Waals surface area contributed by atoms with Gasteiger partial charge in [0.05, 0.1) is 0 Å². The summed E-state index contributed by atoms with van der Waals surface area (Å²) in [5.74, 6) is 0.269. The van der Waals surface area contributed by atoms with Crippen LogP contribution in [0, 0.1) is 0 Å². The molecule has 2 rings (SSSR count). The van der Waals surface area contributed by atoms with Crippen LogP contribution in [0.4, 0.5) is 5.69 Å². The van der Waals surface area contributed by atoms with Crippen molar-refractivity contribution in [3.63, 3.8) is 0 Å². The van der Waals surface area contributed by atoms with Gasteiger partial charge in [0, 0.05) is 18.7 Å². The zero-order chi connectivity index (χ0) is 16.8. The Bertz CT molecular complexity index is 531. The molecule has 0 heterocycles. The summed E-state index contributed by atoms with van der Waals surface area (Å²) < 4.78 is 0. The highest BCUT2D eigenvalue weighted by molar-refractivity contribution is 5.97. The Kier molecular flexibility index (Phi) is 6.20. The zero-order valence-electron chi connectivity index (χ0n) is 14.5. The molecule has 126 valence electrons. The normalized spacial score (nSPS) is 15.5. The average molecular weight is 316 g/mol. The van der Waals surface area contributed by atoms with E-state index in [4.69, 9.17) is 0 Å². The lowest BCUT2D eigenvalue weighted by Crippen LogP contribution is -2.44. The maximum absolute atomic E-state index is 12.3. The number of nitrogens with one attached hydrogen (secondary N) is 1. The molecule has 0 atom stereocenters. The van der Waals surface area contributed by atoms with Gasteiger partial charge in [-0.15, -0.1) is 0 Å². The lowest BCUT2D eigenvalue weighted by Gasteiger charge is -2.26. The van der Waals surface area contributed by atoms with E-state index in [0.29, 0.717) is 5.92 Å². The Balaban J connectivity index is 2.00. The fourth-order valence-corrected chi connectivity index (χ4v) is 3.09. The van der Waals surface area contributed by atoms with Crippen molar-refractivity contribution in [2.24, 2.45) is 0 Å². The third-order valence-electron chi connectivity index (χ3n) is 4.52. The van der Waals surface area contributed by atoms with Gasteiger partial charge in [-0.05, 0) is 36.5 Å². The van der Waals surface area contributed by atoms with Gasteiger partial charge in [0.1, 0.15) is 6.54 Å². The lowest BCUT2D eigenvalue weighted by atomic mass is 9.95. The topological polar surface area (TPSA) is 49.4 Å². The molecule has 1 aromatic carbocycles. The van der Waals surface area contributed by atoms with Crippen molar-refractivity contribution in [3.8, 4) is 0 Å². The van der Waals surface area contributed by atoms with Gasteiger partial charge in [0.15, 0.2) is 0 Å². The fourth-order valence-electron chi connectivity index (χ4n) is 3.09. The van der Waals surface area contributed by atoms with E-state index >= 15 is 0 Å². The highest BCUT2D eigenvalue weighted by atomic mass is 16.2.